The van der Waals surface area contributed by atoms with Crippen molar-refractivity contribution in [2.24, 2.45) is 5.16 Å². The Bertz CT molecular complexity index is 508. The van der Waals surface area contributed by atoms with Crippen LogP contribution in [0.15, 0.2) is 33.9 Å². The van der Waals surface area contributed by atoms with Gasteiger partial charge in [0.05, 0.1) is 0 Å². The maximum Gasteiger partial charge on any atom is 0.158 e. The van der Waals surface area contributed by atoms with Crippen LogP contribution in [-0.2, 0) is 9.84 Å². The van der Waals surface area contributed by atoms with Crippen molar-refractivity contribution in [3.8, 4) is 0 Å². The molecule has 0 radical (unpaired) electrons. The summed E-state index contributed by atoms with van der Waals surface area (Å²) in [4.78, 5) is 0. The van der Waals surface area contributed by atoms with E-state index in [9.17, 15) is 8.42 Å². The molecule has 0 fully saturated rings. The van der Waals surface area contributed by atoms with Crippen LogP contribution in [0.3, 0.4) is 0 Å². The standard InChI is InChI=1S/C11H14BrNO3S/c1-3-17(15,16)8(2)11(13-14)9-4-6-10(12)7-5-9/h4-8,14H,3H2,1-2H3/b13-11+/t8-/m0/s1. The molecule has 0 aliphatic rings. The molecule has 0 spiro atoms. The van der Waals surface area contributed by atoms with Gasteiger partial charge in [-0.25, -0.2) is 8.42 Å². The molecule has 1 aromatic rings. The highest BCUT2D eigenvalue weighted by Gasteiger charge is 2.25. The second-order valence-electron chi connectivity index (χ2n) is 3.59. The Morgan fingerprint density at radius 1 is 1.41 bits per heavy atom. The summed E-state index contributed by atoms with van der Waals surface area (Å²) in [5, 5.41) is 11.3. The molecule has 6 heteroatoms. The first-order valence-corrected chi connectivity index (χ1v) is 7.62. The van der Waals surface area contributed by atoms with Crippen molar-refractivity contribution in [3.05, 3.63) is 34.3 Å². The van der Waals surface area contributed by atoms with Gasteiger partial charge in [-0.05, 0) is 19.1 Å². The van der Waals surface area contributed by atoms with Gasteiger partial charge in [-0.3, -0.25) is 0 Å². The summed E-state index contributed by atoms with van der Waals surface area (Å²) in [7, 11) is -3.27. The van der Waals surface area contributed by atoms with E-state index in [2.05, 4.69) is 21.1 Å². The highest BCUT2D eigenvalue weighted by molar-refractivity contribution is 9.10. The number of benzene rings is 1. The summed E-state index contributed by atoms with van der Waals surface area (Å²) < 4.78 is 24.4. The third-order valence-electron chi connectivity index (χ3n) is 2.57. The van der Waals surface area contributed by atoms with Gasteiger partial charge in [0, 0.05) is 15.8 Å². The van der Waals surface area contributed by atoms with Crippen LogP contribution in [0, 0.1) is 0 Å². The number of sulfone groups is 1. The SMILES string of the molecule is CCS(=O)(=O)[C@@H](C)/C(=N\O)c1ccc(Br)cc1. The first kappa shape index (κ1) is 14.2. The van der Waals surface area contributed by atoms with Gasteiger partial charge in [0.1, 0.15) is 11.0 Å². The van der Waals surface area contributed by atoms with Crippen molar-refractivity contribution >= 4 is 31.5 Å². The Hall–Kier alpha value is -0.880. The summed E-state index contributed by atoms with van der Waals surface area (Å²) >= 11 is 3.29. The van der Waals surface area contributed by atoms with Crippen LogP contribution in [0.2, 0.25) is 0 Å². The molecule has 0 aliphatic heterocycles. The number of nitrogens with zero attached hydrogens (tertiary/aromatic N) is 1. The Morgan fingerprint density at radius 2 is 1.94 bits per heavy atom. The van der Waals surface area contributed by atoms with Crippen LogP contribution in [0.1, 0.15) is 19.4 Å². The van der Waals surface area contributed by atoms with Gasteiger partial charge < -0.3 is 5.21 Å². The summed E-state index contributed by atoms with van der Waals surface area (Å²) in [5.41, 5.74) is 0.763. The molecule has 1 aromatic carbocycles. The lowest BCUT2D eigenvalue weighted by Crippen LogP contribution is -2.29. The zero-order valence-corrected chi connectivity index (χ0v) is 12.0. The fourth-order valence-corrected chi connectivity index (χ4v) is 2.70. The fraction of sp³-hybridized carbons (Fsp3) is 0.364. The largest absolute Gasteiger partial charge is 0.411 e. The predicted octanol–water partition coefficient (Wildman–Crippen LogP) is 2.45. The Balaban J connectivity index is 3.14. The second-order valence-corrected chi connectivity index (χ2v) is 7.11. The topological polar surface area (TPSA) is 66.7 Å². The van der Waals surface area contributed by atoms with Crippen LogP contribution in [0.25, 0.3) is 0 Å². The monoisotopic (exact) mass is 319 g/mol. The highest BCUT2D eigenvalue weighted by atomic mass is 79.9. The molecular formula is C11H14BrNO3S. The van der Waals surface area contributed by atoms with Crippen molar-refractivity contribution in [2.45, 2.75) is 19.1 Å². The van der Waals surface area contributed by atoms with Crippen molar-refractivity contribution in [2.75, 3.05) is 5.75 Å². The van der Waals surface area contributed by atoms with Crippen LogP contribution >= 0.6 is 15.9 Å². The van der Waals surface area contributed by atoms with Gasteiger partial charge in [-0.2, -0.15) is 0 Å². The van der Waals surface area contributed by atoms with E-state index in [1.807, 2.05) is 0 Å². The van der Waals surface area contributed by atoms with Crippen LogP contribution in [0.4, 0.5) is 0 Å². The average Bonchev–Trinajstić information content (AvgIpc) is 2.32. The highest BCUT2D eigenvalue weighted by Crippen LogP contribution is 2.15. The smallest absolute Gasteiger partial charge is 0.158 e. The van der Waals surface area contributed by atoms with Gasteiger partial charge in [0.15, 0.2) is 9.84 Å². The number of hydrogen-bond acceptors (Lipinski definition) is 4. The molecule has 0 aliphatic carbocycles. The Morgan fingerprint density at radius 3 is 2.35 bits per heavy atom. The average molecular weight is 320 g/mol. The van der Waals surface area contributed by atoms with Crippen LogP contribution < -0.4 is 0 Å². The molecule has 1 atom stereocenters. The van der Waals surface area contributed by atoms with E-state index in [0.29, 0.717) is 5.56 Å². The molecule has 0 bridgehead atoms. The van der Waals surface area contributed by atoms with E-state index in [4.69, 9.17) is 5.21 Å². The predicted molar refractivity (Wildman–Crippen MR) is 71.4 cm³/mol. The maximum atomic E-state index is 11.7. The molecule has 1 N–H and O–H groups in total. The number of hydrogen-bond donors (Lipinski definition) is 1. The van der Waals surface area contributed by atoms with E-state index in [1.54, 1.807) is 31.2 Å². The quantitative estimate of drug-likeness (QED) is 0.526. The molecule has 0 heterocycles. The van der Waals surface area contributed by atoms with Crippen LogP contribution in [0.5, 0.6) is 0 Å². The van der Waals surface area contributed by atoms with E-state index < -0.39 is 15.1 Å². The molecule has 0 amide bonds. The van der Waals surface area contributed by atoms with E-state index in [1.165, 1.54) is 6.92 Å². The minimum Gasteiger partial charge on any atom is -0.411 e. The van der Waals surface area contributed by atoms with Crippen molar-refractivity contribution in [1.29, 1.82) is 0 Å². The Labute approximate surface area is 109 Å². The van der Waals surface area contributed by atoms with Gasteiger partial charge >= 0.3 is 0 Å². The van der Waals surface area contributed by atoms with E-state index >= 15 is 0 Å². The van der Waals surface area contributed by atoms with Gasteiger partial charge in [0.25, 0.3) is 0 Å². The lowest BCUT2D eigenvalue weighted by molar-refractivity contribution is 0.318. The minimum atomic E-state index is -3.27. The second kappa shape index (κ2) is 5.64. The summed E-state index contributed by atoms with van der Waals surface area (Å²) in [6.07, 6.45) is 0. The summed E-state index contributed by atoms with van der Waals surface area (Å²) in [6.45, 7) is 3.10. The third-order valence-corrected chi connectivity index (χ3v) is 5.21. The molecule has 17 heavy (non-hydrogen) atoms. The van der Waals surface area contributed by atoms with Gasteiger partial charge in [-0.1, -0.05) is 40.1 Å². The van der Waals surface area contributed by atoms with Crippen molar-refractivity contribution in [3.63, 3.8) is 0 Å². The fourth-order valence-electron chi connectivity index (χ4n) is 1.41. The molecule has 0 saturated heterocycles. The molecule has 0 saturated carbocycles. The first-order valence-electron chi connectivity index (χ1n) is 5.11. The molecular weight excluding hydrogens is 306 g/mol. The number of halogens is 1. The molecule has 0 unspecified atom stereocenters. The summed E-state index contributed by atoms with van der Waals surface area (Å²) in [5.74, 6) is 0.0176. The molecule has 94 valence electrons. The zero-order valence-electron chi connectivity index (χ0n) is 9.59. The number of rotatable bonds is 4. The lowest BCUT2D eigenvalue weighted by Gasteiger charge is -2.13. The Kier molecular flexibility index (Phi) is 4.70. The van der Waals surface area contributed by atoms with Gasteiger partial charge in [0.2, 0.25) is 0 Å². The van der Waals surface area contributed by atoms with Gasteiger partial charge in [-0.15, -0.1) is 0 Å². The van der Waals surface area contributed by atoms with Crippen LogP contribution in [-0.4, -0.2) is 30.3 Å². The zero-order chi connectivity index (χ0) is 13.1. The van der Waals surface area contributed by atoms with Crippen molar-refractivity contribution < 1.29 is 13.6 Å². The third kappa shape index (κ3) is 3.29. The maximum absolute atomic E-state index is 11.7. The lowest BCUT2D eigenvalue weighted by atomic mass is 10.1. The minimum absolute atomic E-state index is 0.0176. The molecule has 4 nitrogen and oxygen atoms in total. The normalized spacial score (nSPS) is 14.6. The van der Waals surface area contributed by atoms with Crippen molar-refractivity contribution in [1.82, 2.24) is 0 Å². The van der Waals surface area contributed by atoms with E-state index in [0.717, 1.165) is 4.47 Å². The molecule has 1 rings (SSSR count). The molecule has 0 aromatic heterocycles. The first-order chi connectivity index (χ1) is 7.92. The number of oxime groups is 1. The van der Waals surface area contributed by atoms with E-state index in [-0.39, 0.29) is 11.5 Å². The summed E-state index contributed by atoms with van der Waals surface area (Å²) in [6, 6.07) is 6.96.